The Hall–Kier alpha value is -0.760. The minimum Gasteiger partial charge on any atom is -0.164 e. The third-order valence-corrected chi connectivity index (χ3v) is 2.23. The topological polar surface area (TPSA) is 25.8 Å². The fourth-order valence-corrected chi connectivity index (χ4v) is 1.23. The zero-order chi connectivity index (χ0) is 12.7. The first-order chi connectivity index (χ1) is 7.05. The van der Waals surface area contributed by atoms with Gasteiger partial charge in [-0.15, -0.1) is 10.2 Å². The van der Waals surface area contributed by atoms with Crippen LogP contribution >= 0.6 is 23.2 Å². The molecule has 0 aliphatic carbocycles. The summed E-state index contributed by atoms with van der Waals surface area (Å²) in [6.45, 7) is 0. The molecule has 0 aliphatic heterocycles. The molecule has 0 amide bonds. The van der Waals surface area contributed by atoms with Gasteiger partial charge in [-0.3, -0.25) is 0 Å². The van der Waals surface area contributed by atoms with Crippen LogP contribution in [0.15, 0.2) is 0 Å². The van der Waals surface area contributed by atoms with Gasteiger partial charge in [-0.05, 0) is 0 Å². The predicted octanol–water partition coefficient (Wildman–Crippen LogP) is 3.82. The molecule has 1 rings (SSSR count). The zero-order valence-corrected chi connectivity index (χ0v) is 8.43. The monoisotopic (exact) mass is 284 g/mol. The van der Waals surface area contributed by atoms with Crippen LogP contribution in [0.2, 0.25) is 10.0 Å². The molecule has 16 heavy (non-hydrogen) atoms. The molecule has 0 aromatic carbocycles. The minimum atomic E-state index is -5.02. The molecule has 1 aromatic heterocycles. The molecule has 1 heterocycles. The quantitative estimate of drug-likeness (QED) is 0.677. The fraction of sp³-hybridized carbons (Fsp3) is 0.333. The Bertz CT molecular complexity index is 374. The zero-order valence-electron chi connectivity index (χ0n) is 6.92. The molecule has 0 aliphatic rings. The number of rotatable bonds is 0. The summed E-state index contributed by atoms with van der Waals surface area (Å²) >= 11 is 10.1. The largest absolute Gasteiger partial charge is 0.436 e. The van der Waals surface area contributed by atoms with Crippen LogP contribution < -0.4 is 0 Å². The highest BCUT2D eigenvalue weighted by molar-refractivity contribution is 6.42. The van der Waals surface area contributed by atoms with E-state index in [1.165, 1.54) is 0 Å². The molecule has 0 unspecified atom stereocenters. The van der Waals surface area contributed by atoms with Gasteiger partial charge in [0, 0.05) is 0 Å². The van der Waals surface area contributed by atoms with E-state index >= 15 is 0 Å². The molecule has 1 aromatic rings. The van der Waals surface area contributed by atoms with Crippen molar-refractivity contribution in [1.29, 1.82) is 0 Å². The van der Waals surface area contributed by atoms with Crippen LogP contribution in [0.4, 0.5) is 26.3 Å². The maximum atomic E-state index is 12.1. The van der Waals surface area contributed by atoms with Crippen molar-refractivity contribution in [3.63, 3.8) is 0 Å². The summed E-state index contributed by atoms with van der Waals surface area (Å²) in [6, 6.07) is 0. The summed E-state index contributed by atoms with van der Waals surface area (Å²) in [5.74, 6) is 0. The number of hydrogen-bond acceptors (Lipinski definition) is 2. The van der Waals surface area contributed by atoms with Gasteiger partial charge in [0.15, 0.2) is 11.4 Å². The fourth-order valence-electron chi connectivity index (χ4n) is 0.758. The lowest BCUT2D eigenvalue weighted by molar-refractivity contribution is -0.147. The molecule has 0 radical (unpaired) electrons. The summed E-state index contributed by atoms with van der Waals surface area (Å²) in [7, 11) is 0. The highest BCUT2D eigenvalue weighted by atomic mass is 35.5. The molecule has 0 atom stereocenters. The van der Waals surface area contributed by atoms with Crippen molar-refractivity contribution in [3.05, 3.63) is 21.4 Å². The van der Waals surface area contributed by atoms with Crippen molar-refractivity contribution >= 4 is 23.2 Å². The molecule has 0 fully saturated rings. The summed E-state index contributed by atoms with van der Waals surface area (Å²) in [5.41, 5.74) is -3.51. The van der Waals surface area contributed by atoms with Crippen LogP contribution in [0, 0.1) is 0 Å². The number of alkyl halides is 6. The van der Waals surface area contributed by atoms with Crippen LogP contribution in [0.1, 0.15) is 11.4 Å². The lowest BCUT2D eigenvalue weighted by atomic mass is 10.3. The maximum Gasteiger partial charge on any atom is 0.436 e. The van der Waals surface area contributed by atoms with E-state index in [4.69, 9.17) is 23.2 Å². The van der Waals surface area contributed by atoms with Crippen LogP contribution in [-0.2, 0) is 12.4 Å². The van der Waals surface area contributed by atoms with E-state index in [1.807, 2.05) is 0 Å². The van der Waals surface area contributed by atoms with Crippen molar-refractivity contribution in [2.75, 3.05) is 0 Å². The van der Waals surface area contributed by atoms with Crippen molar-refractivity contribution in [3.8, 4) is 0 Å². The van der Waals surface area contributed by atoms with Crippen LogP contribution in [0.25, 0.3) is 0 Å². The Kier molecular flexibility index (Phi) is 3.26. The van der Waals surface area contributed by atoms with Crippen molar-refractivity contribution < 1.29 is 26.3 Å². The first-order valence-corrected chi connectivity index (χ1v) is 4.17. The Morgan fingerprint density at radius 2 is 0.938 bits per heavy atom. The van der Waals surface area contributed by atoms with E-state index in [0.717, 1.165) is 0 Å². The van der Waals surface area contributed by atoms with E-state index in [1.54, 1.807) is 0 Å². The van der Waals surface area contributed by atoms with Gasteiger partial charge in [0.25, 0.3) is 0 Å². The van der Waals surface area contributed by atoms with E-state index in [-0.39, 0.29) is 0 Å². The van der Waals surface area contributed by atoms with Gasteiger partial charge < -0.3 is 0 Å². The third-order valence-electron chi connectivity index (χ3n) is 1.40. The van der Waals surface area contributed by atoms with E-state index in [2.05, 4.69) is 10.2 Å². The Morgan fingerprint density at radius 1 is 0.688 bits per heavy atom. The average Bonchev–Trinajstić information content (AvgIpc) is 2.05. The summed E-state index contributed by atoms with van der Waals surface area (Å²) in [4.78, 5) is 0. The molecule has 0 saturated heterocycles. The second kappa shape index (κ2) is 3.92. The van der Waals surface area contributed by atoms with Gasteiger partial charge in [0.2, 0.25) is 0 Å². The molecule has 0 saturated carbocycles. The maximum absolute atomic E-state index is 12.1. The Morgan fingerprint density at radius 3 is 1.12 bits per heavy atom. The summed E-state index contributed by atoms with van der Waals surface area (Å²) < 4.78 is 72.8. The van der Waals surface area contributed by atoms with Gasteiger partial charge in [0.05, 0.1) is 10.0 Å². The smallest absolute Gasteiger partial charge is 0.164 e. The van der Waals surface area contributed by atoms with Crippen molar-refractivity contribution in [1.82, 2.24) is 10.2 Å². The second-order valence-corrected chi connectivity index (χ2v) is 3.28. The summed E-state index contributed by atoms with van der Waals surface area (Å²) in [5, 5.41) is 2.09. The molecule has 10 heteroatoms. The van der Waals surface area contributed by atoms with E-state index < -0.39 is 33.8 Å². The average molecular weight is 285 g/mol. The lowest BCUT2D eigenvalue weighted by Crippen LogP contribution is -2.16. The number of nitrogens with zero attached hydrogens (tertiary/aromatic N) is 2. The number of hydrogen-bond donors (Lipinski definition) is 0. The van der Waals surface area contributed by atoms with Crippen LogP contribution in [0.5, 0.6) is 0 Å². The SMILES string of the molecule is FC(F)(F)c1nnc(C(F)(F)F)c(Cl)c1Cl. The van der Waals surface area contributed by atoms with Crippen molar-refractivity contribution in [2.24, 2.45) is 0 Å². The first kappa shape index (κ1) is 13.3. The molecular formula is C6Cl2F6N2. The van der Waals surface area contributed by atoms with Gasteiger partial charge in [-0.25, -0.2) is 0 Å². The van der Waals surface area contributed by atoms with Gasteiger partial charge >= 0.3 is 12.4 Å². The van der Waals surface area contributed by atoms with Gasteiger partial charge in [-0.1, -0.05) is 23.2 Å². The number of halogens is 8. The standard InChI is InChI=1S/C6Cl2F6N2/c7-1-2(8)4(6(12,13)14)16-15-3(1)5(9,10)11. The minimum absolute atomic E-state index is 1.32. The number of aromatic nitrogens is 2. The molecule has 90 valence electrons. The molecule has 2 nitrogen and oxygen atoms in total. The highest BCUT2D eigenvalue weighted by Crippen LogP contribution is 2.41. The summed E-state index contributed by atoms with van der Waals surface area (Å²) in [6.07, 6.45) is -10.0. The molecule has 0 spiro atoms. The van der Waals surface area contributed by atoms with E-state index in [9.17, 15) is 26.3 Å². The third kappa shape index (κ3) is 2.49. The first-order valence-electron chi connectivity index (χ1n) is 3.41. The predicted molar refractivity (Wildman–Crippen MR) is 42.1 cm³/mol. The van der Waals surface area contributed by atoms with Crippen LogP contribution in [-0.4, -0.2) is 10.2 Å². The van der Waals surface area contributed by atoms with Gasteiger partial charge in [-0.2, -0.15) is 26.3 Å². The highest BCUT2D eigenvalue weighted by Gasteiger charge is 2.42. The Balaban J connectivity index is 3.41. The van der Waals surface area contributed by atoms with E-state index in [0.29, 0.717) is 0 Å². The molecular weight excluding hydrogens is 285 g/mol. The van der Waals surface area contributed by atoms with Crippen LogP contribution in [0.3, 0.4) is 0 Å². The normalized spacial score (nSPS) is 13.0. The molecule has 0 N–H and O–H groups in total. The van der Waals surface area contributed by atoms with Gasteiger partial charge in [0.1, 0.15) is 0 Å². The lowest BCUT2D eigenvalue weighted by Gasteiger charge is -2.11. The second-order valence-electron chi connectivity index (χ2n) is 2.52. The molecule has 0 bridgehead atoms. The van der Waals surface area contributed by atoms with Crippen molar-refractivity contribution in [2.45, 2.75) is 12.4 Å². The Labute approximate surface area is 94.2 Å².